The second kappa shape index (κ2) is 9.62. The van der Waals surface area contributed by atoms with Gasteiger partial charge in [0.15, 0.2) is 0 Å². The maximum absolute atomic E-state index is 12.0. The average molecular weight is 372 g/mol. The molecule has 0 N–H and O–H groups in total. The van der Waals surface area contributed by atoms with Crippen LogP contribution in [0.5, 0.6) is 5.75 Å². The Bertz CT molecular complexity index is 940. The second-order valence-electron chi connectivity index (χ2n) is 6.70. The van der Waals surface area contributed by atoms with Crippen molar-refractivity contribution in [2.45, 2.75) is 39.2 Å². The molecular formula is C25H24O3. The van der Waals surface area contributed by atoms with Gasteiger partial charge < -0.3 is 9.15 Å². The highest BCUT2D eigenvalue weighted by Gasteiger charge is 2.13. The molecule has 142 valence electrons. The summed E-state index contributed by atoms with van der Waals surface area (Å²) in [5.41, 5.74) is 2.89. The molecule has 0 radical (unpaired) electrons. The Kier molecular flexibility index (Phi) is 6.70. The van der Waals surface area contributed by atoms with Gasteiger partial charge in [0.05, 0.1) is 6.26 Å². The largest absolute Gasteiger partial charge is 0.486 e. The van der Waals surface area contributed by atoms with E-state index >= 15 is 0 Å². The number of benzene rings is 2. The number of hydrogen-bond acceptors (Lipinski definition) is 3. The van der Waals surface area contributed by atoms with Crippen molar-refractivity contribution in [3.8, 4) is 17.6 Å². The Labute approximate surface area is 166 Å². The predicted molar refractivity (Wildman–Crippen MR) is 110 cm³/mol. The topological polar surface area (TPSA) is 39.4 Å². The summed E-state index contributed by atoms with van der Waals surface area (Å²) in [6.45, 7) is 4.40. The molecule has 3 rings (SSSR count). The van der Waals surface area contributed by atoms with Crippen molar-refractivity contribution < 1.29 is 13.9 Å². The van der Waals surface area contributed by atoms with Crippen molar-refractivity contribution in [1.29, 1.82) is 0 Å². The van der Waals surface area contributed by atoms with Crippen LogP contribution in [0, 0.1) is 11.8 Å². The third-order valence-electron chi connectivity index (χ3n) is 4.56. The van der Waals surface area contributed by atoms with E-state index in [4.69, 9.17) is 9.15 Å². The van der Waals surface area contributed by atoms with Crippen LogP contribution >= 0.6 is 0 Å². The summed E-state index contributed by atoms with van der Waals surface area (Å²) >= 11 is 0. The Hall–Kier alpha value is -3.25. The summed E-state index contributed by atoms with van der Waals surface area (Å²) in [6.07, 6.45) is 3.15. The number of rotatable bonds is 7. The van der Waals surface area contributed by atoms with Gasteiger partial charge in [-0.2, -0.15) is 0 Å². The molecular weight excluding hydrogens is 348 g/mol. The van der Waals surface area contributed by atoms with E-state index in [1.807, 2.05) is 74.5 Å². The van der Waals surface area contributed by atoms with Crippen LogP contribution in [0.2, 0.25) is 0 Å². The van der Waals surface area contributed by atoms with E-state index in [1.165, 1.54) is 0 Å². The van der Waals surface area contributed by atoms with Crippen molar-refractivity contribution in [1.82, 2.24) is 0 Å². The number of ketones is 1. The number of carbonyl (C=O) groups excluding carboxylic acids is 1. The SMILES string of the molecule is CCCC(=O)C(C)c1ccc(C#Cc2ccc(OCc3ccco3)cc2)cc1. The highest BCUT2D eigenvalue weighted by Crippen LogP contribution is 2.19. The molecule has 0 aliphatic heterocycles. The summed E-state index contributed by atoms with van der Waals surface area (Å²) in [5, 5.41) is 0. The van der Waals surface area contributed by atoms with Crippen molar-refractivity contribution >= 4 is 5.78 Å². The maximum Gasteiger partial charge on any atom is 0.146 e. The zero-order valence-electron chi connectivity index (χ0n) is 16.3. The van der Waals surface area contributed by atoms with E-state index in [0.29, 0.717) is 13.0 Å². The van der Waals surface area contributed by atoms with E-state index < -0.39 is 0 Å². The minimum atomic E-state index is -0.0596. The van der Waals surface area contributed by atoms with Crippen LogP contribution in [0.25, 0.3) is 0 Å². The quantitative estimate of drug-likeness (QED) is 0.497. The minimum Gasteiger partial charge on any atom is -0.486 e. The molecule has 0 fully saturated rings. The molecule has 1 aromatic heterocycles. The normalized spacial score (nSPS) is 11.4. The summed E-state index contributed by atoms with van der Waals surface area (Å²) in [7, 11) is 0. The zero-order chi connectivity index (χ0) is 19.8. The molecule has 0 aliphatic carbocycles. The number of carbonyl (C=O) groups is 1. The third-order valence-corrected chi connectivity index (χ3v) is 4.56. The maximum atomic E-state index is 12.0. The molecule has 3 aromatic rings. The Morgan fingerprint density at radius 2 is 1.64 bits per heavy atom. The van der Waals surface area contributed by atoms with Crippen molar-refractivity contribution in [2.24, 2.45) is 0 Å². The molecule has 0 spiro atoms. The Morgan fingerprint density at radius 1 is 1.00 bits per heavy atom. The van der Waals surface area contributed by atoms with E-state index in [9.17, 15) is 4.79 Å². The smallest absolute Gasteiger partial charge is 0.146 e. The lowest BCUT2D eigenvalue weighted by Gasteiger charge is -2.10. The fraction of sp³-hybridized carbons (Fsp3) is 0.240. The molecule has 1 atom stereocenters. The molecule has 1 unspecified atom stereocenters. The van der Waals surface area contributed by atoms with Gasteiger partial charge in [0.2, 0.25) is 0 Å². The van der Waals surface area contributed by atoms with Gasteiger partial charge in [0.1, 0.15) is 23.9 Å². The first kappa shape index (κ1) is 19.5. The number of furan rings is 1. The first-order valence-corrected chi connectivity index (χ1v) is 9.55. The van der Waals surface area contributed by atoms with Crippen LogP contribution in [-0.2, 0) is 11.4 Å². The molecule has 0 saturated carbocycles. The molecule has 2 aromatic carbocycles. The van der Waals surface area contributed by atoms with Gasteiger partial charge in [0, 0.05) is 23.5 Å². The number of hydrogen-bond donors (Lipinski definition) is 0. The zero-order valence-corrected chi connectivity index (χ0v) is 16.3. The van der Waals surface area contributed by atoms with Crippen molar-refractivity contribution in [2.75, 3.05) is 0 Å². The molecule has 0 amide bonds. The van der Waals surface area contributed by atoms with E-state index in [-0.39, 0.29) is 11.7 Å². The molecule has 3 heteroatoms. The first-order chi connectivity index (χ1) is 13.7. The Balaban J connectivity index is 1.59. The third kappa shape index (κ3) is 5.37. The van der Waals surface area contributed by atoms with E-state index in [0.717, 1.165) is 34.6 Å². The van der Waals surface area contributed by atoms with Gasteiger partial charge in [-0.25, -0.2) is 0 Å². The van der Waals surface area contributed by atoms with Crippen LogP contribution in [0.15, 0.2) is 71.3 Å². The summed E-state index contributed by atoms with van der Waals surface area (Å²) < 4.78 is 10.9. The van der Waals surface area contributed by atoms with Crippen LogP contribution in [-0.4, -0.2) is 5.78 Å². The lowest BCUT2D eigenvalue weighted by Crippen LogP contribution is -2.08. The van der Waals surface area contributed by atoms with Crippen molar-refractivity contribution in [3.05, 3.63) is 89.4 Å². The molecule has 0 saturated heterocycles. The first-order valence-electron chi connectivity index (χ1n) is 9.55. The minimum absolute atomic E-state index is 0.0596. The van der Waals surface area contributed by atoms with Gasteiger partial charge in [-0.1, -0.05) is 37.8 Å². The summed E-state index contributed by atoms with van der Waals surface area (Å²) in [6, 6.07) is 19.3. The molecule has 3 nitrogen and oxygen atoms in total. The van der Waals surface area contributed by atoms with Gasteiger partial charge in [-0.15, -0.1) is 0 Å². The lowest BCUT2D eigenvalue weighted by atomic mass is 9.93. The van der Waals surface area contributed by atoms with E-state index in [1.54, 1.807) is 6.26 Å². The standard InChI is InChI=1S/C25H24O3/c1-3-5-25(26)19(2)22-13-9-20(10-14-22)7-8-21-11-15-23(16-12-21)28-18-24-6-4-17-27-24/h4,6,9-17,19H,3,5,18H2,1-2H3. The lowest BCUT2D eigenvalue weighted by molar-refractivity contribution is -0.120. The van der Waals surface area contributed by atoms with Crippen LogP contribution in [0.4, 0.5) is 0 Å². The molecule has 1 heterocycles. The van der Waals surface area contributed by atoms with Crippen LogP contribution < -0.4 is 4.74 Å². The summed E-state index contributed by atoms with van der Waals surface area (Å²) in [4.78, 5) is 12.0. The predicted octanol–water partition coefficient (Wildman–Crippen LogP) is 5.73. The fourth-order valence-electron chi connectivity index (χ4n) is 2.83. The van der Waals surface area contributed by atoms with Crippen LogP contribution in [0.1, 0.15) is 55.1 Å². The Morgan fingerprint density at radius 3 is 2.21 bits per heavy atom. The monoisotopic (exact) mass is 372 g/mol. The number of ether oxygens (including phenoxy) is 1. The van der Waals surface area contributed by atoms with Gasteiger partial charge in [-0.3, -0.25) is 4.79 Å². The molecule has 28 heavy (non-hydrogen) atoms. The second-order valence-corrected chi connectivity index (χ2v) is 6.70. The molecule has 0 bridgehead atoms. The number of Topliss-reactive ketones (excluding diaryl/α,β-unsaturated/α-hetero) is 1. The summed E-state index contributed by atoms with van der Waals surface area (Å²) in [5.74, 6) is 8.12. The fourth-order valence-corrected chi connectivity index (χ4v) is 2.83. The highest BCUT2D eigenvalue weighted by atomic mass is 16.5. The van der Waals surface area contributed by atoms with E-state index in [2.05, 4.69) is 11.8 Å². The highest BCUT2D eigenvalue weighted by molar-refractivity contribution is 5.85. The van der Waals surface area contributed by atoms with Gasteiger partial charge >= 0.3 is 0 Å². The molecule has 0 aliphatic rings. The average Bonchev–Trinajstić information content (AvgIpc) is 3.25. The van der Waals surface area contributed by atoms with Gasteiger partial charge in [0.25, 0.3) is 0 Å². The van der Waals surface area contributed by atoms with Crippen LogP contribution in [0.3, 0.4) is 0 Å². The van der Waals surface area contributed by atoms with Gasteiger partial charge in [-0.05, 0) is 60.5 Å². The van der Waals surface area contributed by atoms with Crippen molar-refractivity contribution in [3.63, 3.8) is 0 Å².